The molecule has 0 bridgehead atoms. The van der Waals surface area contributed by atoms with Crippen LogP contribution in [-0.4, -0.2) is 20.5 Å². The Morgan fingerprint density at radius 1 is 1.03 bits per heavy atom. The number of rotatable bonds is 4. The predicted molar refractivity (Wildman–Crippen MR) is 125 cm³/mol. The minimum Gasteiger partial charge on any atom is -0.382 e. The van der Waals surface area contributed by atoms with Crippen molar-refractivity contribution in [3.63, 3.8) is 0 Å². The molecular formula is C21H17ClF3N5S2. The van der Waals surface area contributed by atoms with E-state index in [9.17, 15) is 13.2 Å². The van der Waals surface area contributed by atoms with Gasteiger partial charge >= 0.3 is 5.51 Å². The van der Waals surface area contributed by atoms with Crippen LogP contribution < -0.4 is 10.6 Å². The zero-order chi connectivity index (χ0) is 23.2. The topological polar surface area (TPSA) is 67.9 Å². The Kier molecular flexibility index (Phi) is 5.95. The number of nitrogen functional groups attached to an aromatic ring is 1. The molecule has 11 heteroatoms. The van der Waals surface area contributed by atoms with Gasteiger partial charge in [-0.1, -0.05) is 41.1 Å². The SMILES string of the molecule is Cc1nc(N)c2nc(N(c3ccc(SC(F)(F)F)c(Cl)c3)c3c(C)cccc3C)sc2n1. The number of nitrogens with zero attached hydrogens (tertiary/aromatic N) is 4. The van der Waals surface area contributed by atoms with Gasteiger partial charge in [0.15, 0.2) is 15.8 Å². The third kappa shape index (κ3) is 4.48. The molecule has 2 N–H and O–H groups in total. The van der Waals surface area contributed by atoms with Crippen molar-refractivity contribution in [1.29, 1.82) is 0 Å². The number of alkyl halides is 3. The molecule has 0 aliphatic heterocycles. The van der Waals surface area contributed by atoms with Crippen LogP contribution in [0.1, 0.15) is 17.0 Å². The highest BCUT2D eigenvalue weighted by atomic mass is 35.5. The highest BCUT2D eigenvalue weighted by Crippen LogP contribution is 2.46. The maximum Gasteiger partial charge on any atom is 0.446 e. The fraction of sp³-hybridized carbons (Fsp3) is 0.190. The third-order valence-corrected chi connectivity index (χ3v) is 6.81. The highest BCUT2D eigenvalue weighted by molar-refractivity contribution is 8.00. The molecule has 4 rings (SSSR count). The summed E-state index contributed by atoms with van der Waals surface area (Å²) in [5, 5.41) is 0.550. The zero-order valence-corrected chi connectivity index (χ0v) is 19.5. The van der Waals surface area contributed by atoms with Gasteiger partial charge in [0.2, 0.25) is 0 Å². The number of aryl methyl sites for hydroxylation is 3. The van der Waals surface area contributed by atoms with Gasteiger partial charge in [-0.3, -0.25) is 4.90 Å². The van der Waals surface area contributed by atoms with Gasteiger partial charge in [0.25, 0.3) is 0 Å². The molecule has 0 amide bonds. The molecule has 32 heavy (non-hydrogen) atoms. The standard InChI is InChI=1S/C21H17ClF3N5S2/c1-10-5-4-6-11(2)17(10)30(13-7-8-15(14(22)9-13)32-21(23,24)25)20-29-16-18(26)27-12(3)28-19(16)31-20/h4-9H,1-3H3,(H2,26,27,28). The summed E-state index contributed by atoms with van der Waals surface area (Å²) in [6, 6.07) is 10.3. The minimum absolute atomic E-state index is 0.00248. The summed E-state index contributed by atoms with van der Waals surface area (Å²) in [6.45, 7) is 5.65. The number of para-hydroxylation sites is 1. The number of thiazole rings is 1. The quantitative estimate of drug-likeness (QED) is 0.299. The molecule has 2 aromatic carbocycles. The van der Waals surface area contributed by atoms with Crippen LogP contribution in [0.25, 0.3) is 10.3 Å². The van der Waals surface area contributed by atoms with E-state index in [0.29, 0.717) is 27.0 Å². The normalized spacial score (nSPS) is 11.8. The predicted octanol–water partition coefficient (Wildman–Crippen LogP) is 7.33. The second kappa shape index (κ2) is 8.42. The van der Waals surface area contributed by atoms with E-state index in [1.54, 1.807) is 13.0 Å². The maximum atomic E-state index is 12.9. The lowest BCUT2D eigenvalue weighted by Crippen LogP contribution is -2.13. The minimum atomic E-state index is -4.43. The number of hydrogen-bond acceptors (Lipinski definition) is 7. The number of aromatic nitrogens is 3. The molecule has 0 radical (unpaired) electrons. The molecule has 2 aromatic heterocycles. The van der Waals surface area contributed by atoms with Crippen LogP contribution in [0.15, 0.2) is 41.3 Å². The summed E-state index contributed by atoms with van der Waals surface area (Å²) in [7, 11) is 0. The first-order chi connectivity index (χ1) is 15.0. The highest BCUT2D eigenvalue weighted by Gasteiger charge is 2.31. The molecule has 2 heterocycles. The fourth-order valence-corrected chi connectivity index (χ4v) is 5.22. The molecule has 0 saturated carbocycles. The van der Waals surface area contributed by atoms with Crippen molar-refractivity contribution in [2.24, 2.45) is 0 Å². The second-order valence-electron chi connectivity index (χ2n) is 7.04. The van der Waals surface area contributed by atoms with Gasteiger partial charge in [-0.25, -0.2) is 15.0 Å². The van der Waals surface area contributed by atoms with Gasteiger partial charge in [-0.2, -0.15) is 13.2 Å². The van der Waals surface area contributed by atoms with E-state index < -0.39 is 5.51 Å². The number of anilines is 4. The Morgan fingerprint density at radius 3 is 2.34 bits per heavy atom. The number of thioether (sulfide) groups is 1. The Morgan fingerprint density at radius 2 is 1.72 bits per heavy atom. The van der Waals surface area contributed by atoms with E-state index in [0.717, 1.165) is 16.8 Å². The summed E-state index contributed by atoms with van der Waals surface area (Å²) in [4.78, 5) is 15.7. The molecule has 0 spiro atoms. The van der Waals surface area contributed by atoms with Crippen molar-refractivity contribution in [3.8, 4) is 0 Å². The lowest BCUT2D eigenvalue weighted by Gasteiger charge is -2.26. The molecule has 0 atom stereocenters. The van der Waals surface area contributed by atoms with Gasteiger partial charge in [-0.05, 0) is 61.9 Å². The van der Waals surface area contributed by atoms with E-state index in [2.05, 4.69) is 15.0 Å². The van der Waals surface area contributed by atoms with Crippen LogP contribution in [0.3, 0.4) is 0 Å². The van der Waals surface area contributed by atoms with Crippen LogP contribution in [0, 0.1) is 20.8 Å². The van der Waals surface area contributed by atoms with E-state index in [-0.39, 0.29) is 27.5 Å². The van der Waals surface area contributed by atoms with Crippen molar-refractivity contribution in [1.82, 2.24) is 15.0 Å². The van der Waals surface area contributed by atoms with Crippen molar-refractivity contribution in [2.45, 2.75) is 31.2 Å². The number of halogens is 4. The van der Waals surface area contributed by atoms with E-state index in [1.165, 1.54) is 23.5 Å². The first-order valence-corrected chi connectivity index (χ1v) is 11.4. The van der Waals surface area contributed by atoms with E-state index in [4.69, 9.17) is 17.3 Å². The van der Waals surface area contributed by atoms with Gasteiger partial charge in [0, 0.05) is 10.6 Å². The molecule has 0 saturated heterocycles. The Balaban J connectivity index is 1.92. The van der Waals surface area contributed by atoms with Crippen molar-refractivity contribution < 1.29 is 13.2 Å². The number of hydrogen-bond donors (Lipinski definition) is 1. The summed E-state index contributed by atoms with van der Waals surface area (Å²) in [6.07, 6.45) is 0. The Bertz CT molecular complexity index is 1300. The fourth-order valence-electron chi connectivity index (χ4n) is 3.37. The van der Waals surface area contributed by atoms with Crippen LogP contribution in [0.4, 0.5) is 35.5 Å². The van der Waals surface area contributed by atoms with Crippen molar-refractivity contribution in [2.75, 3.05) is 10.6 Å². The monoisotopic (exact) mass is 495 g/mol. The Labute approximate surface area is 195 Å². The Hall–Kier alpha value is -2.56. The summed E-state index contributed by atoms with van der Waals surface area (Å²) < 4.78 is 38.6. The summed E-state index contributed by atoms with van der Waals surface area (Å²) in [5.74, 6) is 0.798. The van der Waals surface area contributed by atoms with Crippen LogP contribution in [0.5, 0.6) is 0 Å². The zero-order valence-electron chi connectivity index (χ0n) is 17.2. The smallest absolute Gasteiger partial charge is 0.382 e. The maximum absolute atomic E-state index is 12.9. The number of benzene rings is 2. The van der Waals surface area contributed by atoms with Gasteiger partial charge in [-0.15, -0.1) is 0 Å². The lowest BCUT2D eigenvalue weighted by atomic mass is 10.1. The molecule has 0 aliphatic carbocycles. The number of nitrogens with two attached hydrogens (primary N) is 1. The van der Waals surface area contributed by atoms with Crippen molar-refractivity contribution in [3.05, 3.63) is 58.4 Å². The first-order valence-electron chi connectivity index (χ1n) is 9.36. The van der Waals surface area contributed by atoms with Crippen LogP contribution >= 0.6 is 34.7 Å². The molecule has 0 aliphatic rings. The average molecular weight is 496 g/mol. The van der Waals surface area contributed by atoms with E-state index >= 15 is 0 Å². The summed E-state index contributed by atoms with van der Waals surface area (Å²) >= 11 is 7.32. The lowest BCUT2D eigenvalue weighted by molar-refractivity contribution is -0.0328. The number of fused-ring (bicyclic) bond motifs is 1. The van der Waals surface area contributed by atoms with Crippen LogP contribution in [-0.2, 0) is 0 Å². The molecule has 4 aromatic rings. The molecule has 0 fully saturated rings. The van der Waals surface area contributed by atoms with Gasteiger partial charge < -0.3 is 5.73 Å². The van der Waals surface area contributed by atoms with Gasteiger partial charge in [0.1, 0.15) is 11.3 Å². The molecule has 0 unspecified atom stereocenters. The molecule has 5 nitrogen and oxygen atoms in total. The molecular weight excluding hydrogens is 479 g/mol. The average Bonchev–Trinajstić information content (AvgIpc) is 3.09. The first kappa shape index (κ1) is 22.6. The second-order valence-corrected chi connectivity index (χ2v) is 9.51. The largest absolute Gasteiger partial charge is 0.446 e. The third-order valence-electron chi connectivity index (χ3n) is 4.64. The van der Waals surface area contributed by atoms with Crippen LogP contribution in [0.2, 0.25) is 5.02 Å². The summed E-state index contributed by atoms with van der Waals surface area (Å²) in [5.41, 5.74) is 5.44. The van der Waals surface area contributed by atoms with E-state index in [1.807, 2.05) is 36.9 Å². The molecule has 166 valence electrons. The van der Waals surface area contributed by atoms with Crippen molar-refractivity contribution >= 4 is 67.4 Å². The van der Waals surface area contributed by atoms with Gasteiger partial charge in [0.05, 0.1) is 10.7 Å².